The number of likely N-dealkylation sites (tertiary alicyclic amines) is 1. The van der Waals surface area contributed by atoms with Gasteiger partial charge in [-0.15, -0.1) is 0 Å². The van der Waals surface area contributed by atoms with E-state index in [0.717, 1.165) is 18.7 Å². The van der Waals surface area contributed by atoms with Crippen LogP contribution in [0.2, 0.25) is 0 Å². The Hall–Kier alpha value is -1.89. The second kappa shape index (κ2) is 6.68. The molecule has 1 unspecified atom stereocenters. The van der Waals surface area contributed by atoms with Gasteiger partial charge in [-0.1, -0.05) is 13.8 Å². The van der Waals surface area contributed by atoms with Gasteiger partial charge < -0.3 is 19.5 Å². The lowest BCUT2D eigenvalue weighted by Crippen LogP contribution is -2.55. The maximum Gasteiger partial charge on any atom is 0.251 e. The first-order valence-electron chi connectivity index (χ1n) is 9.74. The maximum absolute atomic E-state index is 12.6. The van der Waals surface area contributed by atoms with Crippen molar-refractivity contribution in [3.05, 3.63) is 18.2 Å². The van der Waals surface area contributed by atoms with Crippen LogP contribution in [0.5, 0.6) is 0 Å². The Balaban J connectivity index is 1.48. The quantitative estimate of drug-likeness (QED) is 0.878. The number of fused-ring (bicyclic) bond motifs is 2. The normalized spacial score (nSPS) is 24.6. The van der Waals surface area contributed by atoms with Gasteiger partial charge in [0.25, 0.3) is 5.91 Å². The Morgan fingerprint density at radius 3 is 2.73 bits per heavy atom. The van der Waals surface area contributed by atoms with Crippen LogP contribution in [0.4, 0.5) is 0 Å². The van der Waals surface area contributed by atoms with E-state index in [-0.39, 0.29) is 17.7 Å². The van der Waals surface area contributed by atoms with Crippen LogP contribution in [-0.4, -0.2) is 52.0 Å². The third-order valence-corrected chi connectivity index (χ3v) is 5.64. The summed E-state index contributed by atoms with van der Waals surface area (Å²) in [6.45, 7) is 6.62. The van der Waals surface area contributed by atoms with Crippen molar-refractivity contribution in [1.29, 1.82) is 0 Å². The predicted octanol–water partition coefficient (Wildman–Crippen LogP) is 1.28. The number of carbonyl (C=O) groups excluding carboxylic acids is 2. The fraction of sp³-hybridized carbons (Fsp3) is 0.737. The fourth-order valence-corrected chi connectivity index (χ4v) is 3.97. The molecule has 1 spiro atoms. The van der Waals surface area contributed by atoms with Gasteiger partial charge in [0.1, 0.15) is 11.4 Å². The SMILES string of the molecule is CC(C)CNC(=O)C1Cn2ccnc2C2(CCN(C(=O)C3CC3)CC2)O1. The first-order chi connectivity index (χ1) is 12.5. The maximum atomic E-state index is 12.6. The molecular formula is C19H28N4O3. The van der Waals surface area contributed by atoms with Gasteiger partial charge in [-0.3, -0.25) is 9.59 Å². The highest BCUT2D eigenvalue weighted by atomic mass is 16.5. The number of hydrogen-bond acceptors (Lipinski definition) is 4. The number of piperidine rings is 1. The number of nitrogens with one attached hydrogen (secondary N) is 1. The molecule has 2 aliphatic heterocycles. The highest BCUT2D eigenvalue weighted by Gasteiger charge is 2.48. The molecule has 3 aliphatic rings. The summed E-state index contributed by atoms with van der Waals surface area (Å²) in [7, 11) is 0. The van der Waals surface area contributed by atoms with E-state index >= 15 is 0 Å². The summed E-state index contributed by atoms with van der Waals surface area (Å²) in [5, 5.41) is 2.98. The smallest absolute Gasteiger partial charge is 0.251 e. The zero-order valence-electron chi connectivity index (χ0n) is 15.6. The summed E-state index contributed by atoms with van der Waals surface area (Å²) in [6, 6.07) is 0. The second-order valence-corrected chi connectivity index (χ2v) is 8.24. The topological polar surface area (TPSA) is 76.5 Å². The van der Waals surface area contributed by atoms with Gasteiger partial charge >= 0.3 is 0 Å². The number of ether oxygens (including phenoxy) is 1. The van der Waals surface area contributed by atoms with Crippen molar-refractivity contribution in [2.45, 2.75) is 57.8 Å². The summed E-state index contributed by atoms with van der Waals surface area (Å²) in [6.07, 6.45) is 6.62. The molecule has 0 radical (unpaired) electrons. The molecule has 142 valence electrons. The first-order valence-corrected chi connectivity index (χ1v) is 9.74. The average Bonchev–Trinajstić information content (AvgIpc) is 3.37. The van der Waals surface area contributed by atoms with Gasteiger partial charge in [0, 0.05) is 50.8 Å². The Morgan fingerprint density at radius 2 is 2.08 bits per heavy atom. The predicted molar refractivity (Wildman–Crippen MR) is 95.2 cm³/mol. The Morgan fingerprint density at radius 1 is 1.35 bits per heavy atom. The van der Waals surface area contributed by atoms with E-state index in [1.54, 1.807) is 6.20 Å². The monoisotopic (exact) mass is 360 g/mol. The molecule has 1 aromatic rings. The highest BCUT2D eigenvalue weighted by Crippen LogP contribution is 2.41. The van der Waals surface area contributed by atoms with Gasteiger partial charge in [0.2, 0.25) is 5.91 Å². The molecule has 3 heterocycles. The molecule has 2 amide bonds. The van der Waals surface area contributed by atoms with Gasteiger partial charge in [-0.2, -0.15) is 0 Å². The number of nitrogens with zero attached hydrogens (tertiary/aromatic N) is 3. The Bertz CT molecular complexity index is 687. The van der Waals surface area contributed by atoms with E-state index in [2.05, 4.69) is 24.1 Å². The van der Waals surface area contributed by atoms with Crippen LogP contribution in [0.3, 0.4) is 0 Å². The Labute approximate surface area is 154 Å². The minimum atomic E-state index is -0.568. The number of rotatable bonds is 4. The lowest BCUT2D eigenvalue weighted by atomic mass is 9.88. The second-order valence-electron chi connectivity index (χ2n) is 8.24. The fourth-order valence-electron chi connectivity index (χ4n) is 3.97. The molecule has 0 bridgehead atoms. The van der Waals surface area contributed by atoms with Crippen LogP contribution in [-0.2, 0) is 26.5 Å². The molecule has 26 heavy (non-hydrogen) atoms. The summed E-state index contributed by atoms with van der Waals surface area (Å²) in [4.78, 5) is 31.4. The third-order valence-electron chi connectivity index (χ3n) is 5.64. The Kier molecular flexibility index (Phi) is 4.50. The van der Waals surface area contributed by atoms with Crippen molar-refractivity contribution >= 4 is 11.8 Å². The summed E-state index contributed by atoms with van der Waals surface area (Å²) < 4.78 is 8.41. The molecule has 7 nitrogen and oxygen atoms in total. The molecule has 2 fully saturated rings. The molecule has 1 N–H and O–H groups in total. The third kappa shape index (κ3) is 3.24. The van der Waals surface area contributed by atoms with Gasteiger partial charge in [0.15, 0.2) is 6.10 Å². The van der Waals surface area contributed by atoms with Gasteiger partial charge in [0.05, 0.1) is 6.54 Å². The minimum Gasteiger partial charge on any atom is -0.354 e. The van der Waals surface area contributed by atoms with Crippen molar-refractivity contribution < 1.29 is 14.3 Å². The van der Waals surface area contributed by atoms with Crippen LogP contribution in [0.15, 0.2) is 12.4 Å². The van der Waals surface area contributed by atoms with Gasteiger partial charge in [-0.25, -0.2) is 4.98 Å². The van der Waals surface area contributed by atoms with Crippen molar-refractivity contribution in [2.75, 3.05) is 19.6 Å². The molecule has 1 aliphatic carbocycles. The van der Waals surface area contributed by atoms with E-state index in [0.29, 0.717) is 44.9 Å². The number of carbonyl (C=O) groups is 2. The summed E-state index contributed by atoms with van der Waals surface area (Å²) >= 11 is 0. The molecule has 1 atom stereocenters. The largest absolute Gasteiger partial charge is 0.354 e. The molecule has 1 aromatic heterocycles. The lowest BCUT2D eigenvalue weighted by molar-refractivity contribution is -0.176. The molecule has 1 saturated heterocycles. The lowest BCUT2D eigenvalue weighted by Gasteiger charge is -2.45. The zero-order chi connectivity index (χ0) is 18.3. The van der Waals surface area contributed by atoms with Crippen molar-refractivity contribution in [3.63, 3.8) is 0 Å². The molecule has 4 rings (SSSR count). The number of hydrogen-bond donors (Lipinski definition) is 1. The van der Waals surface area contributed by atoms with Crippen LogP contribution in [0, 0.1) is 11.8 Å². The summed E-state index contributed by atoms with van der Waals surface area (Å²) in [5.41, 5.74) is -0.568. The van der Waals surface area contributed by atoms with Crippen molar-refractivity contribution in [1.82, 2.24) is 19.8 Å². The van der Waals surface area contributed by atoms with E-state index < -0.39 is 11.7 Å². The molecule has 1 saturated carbocycles. The molecular weight excluding hydrogens is 332 g/mol. The number of imidazole rings is 1. The standard InChI is InChI=1S/C19H28N4O3/c1-13(2)11-21-16(24)15-12-23-10-7-20-18(23)19(26-15)5-8-22(9-6-19)17(25)14-3-4-14/h7,10,13-15H,3-6,8-9,11-12H2,1-2H3,(H,21,24). The van der Waals surface area contributed by atoms with Gasteiger partial charge in [-0.05, 0) is 18.8 Å². The van der Waals surface area contributed by atoms with E-state index in [1.807, 2.05) is 15.7 Å². The van der Waals surface area contributed by atoms with Crippen LogP contribution in [0.25, 0.3) is 0 Å². The van der Waals surface area contributed by atoms with Crippen LogP contribution >= 0.6 is 0 Å². The van der Waals surface area contributed by atoms with Crippen LogP contribution in [0.1, 0.15) is 45.4 Å². The minimum absolute atomic E-state index is 0.0612. The van der Waals surface area contributed by atoms with Crippen molar-refractivity contribution in [3.8, 4) is 0 Å². The zero-order valence-corrected chi connectivity index (χ0v) is 15.6. The van der Waals surface area contributed by atoms with E-state index in [9.17, 15) is 9.59 Å². The highest BCUT2D eigenvalue weighted by molar-refractivity contribution is 5.81. The number of aromatic nitrogens is 2. The van der Waals surface area contributed by atoms with Crippen molar-refractivity contribution in [2.24, 2.45) is 11.8 Å². The average molecular weight is 360 g/mol. The number of amides is 2. The molecule has 7 heteroatoms. The summed E-state index contributed by atoms with van der Waals surface area (Å²) in [5.74, 6) is 1.76. The first kappa shape index (κ1) is 17.5. The molecule has 0 aromatic carbocycles. The van der Waals surface area contributed by atoms with E-state index in [1.165, 1.54) is 0 Å². The van der Waals surface area contributed by atoms with E-state index in [4.69, 9.17) is 4.74 Å². The van der Waals surface area contributed by atoms with Crippen LogP contribution < -0.4 is 5.32 Å².